The molecule has 1 aromatic rings. The first-order chi connectivity index (χ1) is 26.0. The lowest BCUT2D eigenvalue weighted by atomic mass is 9.96. The lowest BCUT2D eigenvalue weighted by Crippen LogP contribution is -2.53. The summed E-state index contributed by atoms with van der Waals surface area (Å²) in [6.07, 6.45) is -2.04. The molecule has 2 aliphatic carbocycles. The van der Waals surface area contributed by atoms with Gasteiger partial charge < -0.3 is 9.47 Å². The minimum absolute atomic E-state index is 0.00774. The Kier molecular flexibility index (Phi) is 11.3. The van der Waals surface area contributed by atoms with E-state index in [9.17, 15) is 41.6 Å². The number of hydrogen-bond acceptors (Lipinski definition) is 12. The van der Waals surface area contributed by atoms with E-state index in [0.717, 1.165) is 4.90 Å². The number of hydrogen-bond donors (Lipinski definition) is 3. The molecule has 5 aliphatic rings. The molecule has 0 bridgehead atoms. The first kappa shape index (κ1) is 39.7. The minimum atomic E-state index is -4.01. The second-order valence-electron chi connectivity index (χ2n) is 15.3. The Hall–Kier alpha value is -4.97. The number of nitrogens with zero attached hydrogens (tertiary/aromatic N) is 3. The van der Waals surface area contributed by atoms with Gasteiger partial charge >= 0.3 is 12.2 Å². The first-order valence-corrected chi connectivity index (χ1v) is 19.8. The monoisotopic (exact) mass is 784 g/mol. The predicted molar refractivity (Wildman–Crippen MR) is 194 cm³/mol. The number of carbonyl (C=O) groups is 6. The lowest BCUT2D eigenvalue weighted by Gasteiger charge is -2.33. The van der Waals surface area contributed by atoms with Gasteiger partial charge in [0.25, 0.3) is 0 Å². The zero-order valence-corrected chi connectivity index (χ0v) is 31.7. The smallest absolute Gasteiger partial charge is 0.412 e. The molecule has 1 aromatic carbocycles. The Bertz CT molecular complexity index is 1970. The van der Waals surface area contributed by atoms with Crippen LogP contribution in [0.15, 0.2) is 47.1 Å². The number of allylic oxidation sites excluding steroid dienone is 3. The Morgan fingerprint density at radius 2 is 1.84 bits per heavy atom. The SMILES string of the molecule is C=CC(=O)C1CCN[C@@H](NC(=O)OC(C)(C)C)C(=O)CC[C@@H](OC(=O)N2Cc3cccc(F)c3C2)N2C(=O)C[C@H](C(=O)NS(=O)(=O)C3CC3)[C@H]2/C=N\C2=C1C2. The number of aliphatic imine (C=N–C) groups is 1. The van der Waals surface area contributed by atoms with Crippen molar-refractivity contribution in [3.63, 3.8) is 0 Å². The second-order valence-corrected chi connectivity index (χ2v) is 17.3. The molecule has 16 nitrogen and oxygen atoms in total. The second kappa shape index (κ2) is 15.6. The van der Waals surface area contributed by atoms with Crippen LogP contribution in [0.2, 0.25) is 0 Å². The normalized spacial score (nSPS) is 26.4. The van der Waals surface area contributed by atoms with Crippen molar-refractivity contribution in [2.75, 3.05) is 6.54 Å². The summed E-state index contributed by atoms with van der Waals surface area (Å²) in [5.41, 5.74) is 1.14. The molecule has 1 saturated heterocycles. The first-order valence-electron chi connectivity index (χ1n) is 18.2. The zero-order valence-electron chi connectivity index (χ0n) is 30.8. The fourth-order valence-electron chi connectivity index (χ4n) is 7.02. The molecule has 5 atom stereocenters. The van der Waals surface area contributed by atoms with Gasteiger partial charge in [0, 0.05) is 55.6 Å². The number of ketones is 2. The van der Waals surface area contributed by atoms with Crippen molar-refractivity contribution in [1.82, 2.24) is 25.2 Å². The van der Waals surface area contributed by atoms with Crippen LogP contribution in [0.25, 0.3) is 0 Å². The van der Waals surface area contributed by atoms with Gasteiger partial charge in [0.1, 0.15) is 17.6 Å². The molecule has 3 heterocycles. The van der Waals surface area contributed by atoms with Gasteiger partial charge in [0.05, 0.1) is 23.8 Å². The van der Waals surface area contributed by atoms with E-state index >= 15 is 0 Å². The molecule has 55 heavy (non-hydrogen) atoms. The van der Waals surface area contributed by atoms with Crippen molar-refractivity contribution in [2.24, 2.45) is 16.8 Å². The predicted octanol–water partition coefficient (Wildman–Crippen LogP) is 2.72. The van der Waals surface area contributed by atoms with Crippen molar-refractivity contribution in [1.29, 1.82) is 0 Å². The maximum atomic E-state index is 14.6. The molecule has 1 saturated carbocycles. The Labute approximate surface area is 318 Å². The van der Waals surface area contributed by atoms with Crippen LogP contribution >= 0.6 is 0 Å². The number of nitrogens with one attached hydrogen (secondary N) is 3. The number of amides is 4. The summed E-state index contributed by atoms with van der Waals surface area (Å²) in [5, 5.41) is 4.77. The van der Waals surface area contributed by atoms with E-state index in [0.29, 0.717) is 41.7 Å². The number of benzene rings is 1. The molecule has 6 rings (SSSR count). The van der Waals surface area contributed by atoms with Gasteiger partial charge in [-0.25, -0.2) is 22.4 Å². The van der Waals surface area contributed by atoms with Crippen LogP contribution in [0.4, 0.5) is 14.0 Å². The van der Waals surface area contributed by atoms with E-state index in [4.69, 9.17) is 9.47 Å². The average Bonchev–Trinajstić information content (AvgIpc) is 4.03. The number of sulfonamides is 1. The molecule has 0 spiro atoms. The molecular formula is C37H45FN6O10S. The summed E-state index contributed by atoms with van der Waals surface area (Å²) in [6, 6.07) is 3.21. The highest BCUT2D eigenvalue weighted by atomic mass is 32.2. The number of ether oxygens (including phenoxy) is 2. The third-order valence-electron chi connectivity index (χ3n) is 10.0. The molecule has 4 amide bonds. The number of Topliss-reactive ketones (excluding diaryl/α,β-unsaturated/α-hetero) is 1. The van der Waals surface area contributed by atoms with Crippen molar-refractivity contribution >= 4 is 51.8 Å². The molecular weight excluding hydrogens is 740 g/mol. The van der Waals surface area contributed by atoms with Crippen LogP contribution in [0.3, 0.4) is 0 Å². The topological polar surface area (TPSA) is 210 Å². The van der Waals surface area contributed by atoms with Crippen LogP contribution in [0.5, 0.6) is 0 Å². The summed E-state index contributed by atoms with van der Waals surface area (Å²) < 4.78 is 53.6. The summed E-state index contributed by atoms with van der Waals surface area (Å²) in [5.74, 6) is -4.99. The molecule has 296 valence electrons. The van der Waals surface area contributed by atoms with E-state index in [1.54, 1.807) is 26.8 Å². The third kappa shape index (κ3) is 9.29. The van der Waals surface area contributed by atoms with Gasteiger partial charge in [-0.1, -0.05) is 18.7 Å². The number of alkyl carbamates (subject to hydrolysis) is 1. The maximum Gasteiger partial charge on any atom is 0.412 e. The van der Waals surface area contributed by atoms with Crippen LogP contribution in [0.1, 0.15) is 76.8 Å². The number of rotatable bonds is 7. The molecule has 18 heteroatoms. The van der Waals surface area contributed by atoms with E-state index in [2.05, 4.69) is 26.9 Å². The van der Waals surface area contributed by atoms with Gasteiger partial charge in [-0.2, -0.15) is 0 Å². The van der Waals surface area contributed by atoms with Gasteiger partial charge in [-0.3, -0.25) is 49.3 Å². The molecule has 0 aromatic heterocycles. The van der Waals surface area contributed by atoms with E-state index in [1.165, 1.54) is 29.3 Å². The fourth-order valence-corrected chi connectivity index (χ4v) is 8.38. The third-order valence-corrected chi connectivity index (χ3v) is 11.9. The summed E-state index contributed by atoms with van der Waals surface area (Å²) in [4.78, 5) is 87.8. The van der Waals surface area contributed by atoms with Gasteiger partial charge in [0.2, 0.25) is 21.8 Å². The largest absolute Gasteiger partial charge is 0.444 e. The summed E-state index contributed by atoms with van der Waals surface area (Å²) >= 11 is 0. The average molecular weight is 785 g/mol. The van der Waals surface area contributed by atoms with E-state index in [-0.39, 0.29) is 44.7 Å². The maximum absolute atomic E-state index is 14.6. The summed E-state index contributed by atoms with van der Waals surface area (Å²) in [6.45, 7) is 8.53. The van der Waals surface area contributed by atoms with Crippen LogP contribution in [0, 0.1) is 17.7 Å². The minimum Gasteiger partial charge on any atom is -0.444 e. The number of carbonyl (C=O) groups excluding carboxylic acids is 6. The van der Waals surface area contributed by atoms with Crippen molar-refractivity contribution in [2.45, 2.75) is 108 Å². The fraction of sp³-hybridized carbons (Fsp3) is 0.541. The van der Waals surface area contributed by atoms with Crippen LogP contribution < -0.4 is 15.4 Å². The van der Waals surface area contributed by atoms with Crippen LogP contribution in [-0.4, -0.2) is 95.8 Å². The standard InChI is InChI=1S/C37H45FN6O10S/c1-5-29(45)22-13-14-39-33(41-35(49)54-37(2,3)4)30(46)11-12-32(53-36(50)43-18-20-7-6-8-26(38)25(20)19-43)44-28(17-40-27-15-23(22)27)24(16-31(44)47)34(48)42-55(51,52)21-9-10-21/h5-8,17,21-22,24,28,32-33,39H,1,9-16,18-19H2,2-4H3,(H,41,49)(H,42,48)/b40-17-/t22?,24-,28+,32+,33-/m0/s1. The molecule has 2 fully saturated rings. The zero-order chi connectivity index (χ0) is 39.8. The Morgan fingerprint density at radius 3 is 2.51 bits per heavy atom. The van der Waals surface area contributed by atoms with Gasteiger partial charge in [-0.15, -0.1) is 0 Å². The van der Waals surface area contributed by atoms with E-state index in [1.807, 2.05) is 0 Å². The lowest BCUT2D eigenvalue weighted by molar-refractivity contribution is -0.140. The van der Waals surface area contributed by atoms with E-state index < -0.39 is 93.2 Å². The van der Waals surface area contributed by atoms with Crippen molar-refractivity contribution in [3.05, 3.63) is 59.1 Å². The Balaban J connectivity index is 1.35. The molecule has 3 aliphatic heterocycles. The molecule has 0 radical (unpaired) electrons. The van der Waals surface area contributed by atoms with Gasteiger partial charge in [0.15, 0.2) is 17.8 Å². The highest BCUT2D eigenvalue weighted by Crippen LogP contribution is 2.41. The van der Waals surface area contributed by atoms with Crippen molar-refractivity contribution < 1.29 is 51.0 Å². The highest BCUT2D eigenvalue weighted by molar-refractivity contribution is 7.90. The Morgan fingerprint density at radius 1 is 1.09 bits per heavy atom. The molecule has 3 N–H and O–H groups in total. The van der Waals surface area contributed by atoms with Gasteiger partial charge in [-0.05, 0) is 69.9 Å². The highest BCUT2D eigenvalue weighted by Gasteiger charge is 2.50. The van der Waals surface area contributed by atoms with Crippen molar-refractivity contribution in [3.8, 4) is 0 Å². The number of halogens is 1. The quantitative estimate of drug-likeness (QED) is 0.343. The number of fused-ring (bicyclic) bond motifs is 2. The summed E-state index contributed by atoms with van der Waals surface area (Å²) in [7, 11) is -4.01. The molecule has 1 unspecified atom stereocenters. The van der Waals surface area contributed by atoms with Crippen LogP contribution in [-0.2, 0) is 51.8 Å².